The van der Waals surface area contributed by atoms with Gasteiger partial charge in [0.05, 0.1) is 11.4 Å². The van der Waals surface area contributed by atoms with Crippen LogP contribution in [0.25, 0.3) is 6.08 Å². The molecule has 1 aliphatic rings. The summed E-state index contributed by atoms with van der Waals surface area (Å²) in [7, 11) is 0. The number of nitrogens with two attached hydrogens (primary N) is 2. The van der Waals surface area contributed by atoms with Gasteiger partial charge >= 0.3 is 0 Å². The van der Waals surface area contributed by atoms with E-state index in [-0.39, 0.29) is 17.9 Å². The van der Waals surface area contributed by atoms with E-state index in [0.717, 1.165) is 17.5 Å². The van der Waals surface area contributed by atoms with Crippen LogP contribution in [0.15, 0.2) is 78.9 Å². The average molecular weight is 427 g/mol. The highest BCUT2D eigenvalue weighted by atomic mass is 16.2. The normalized spacial score (nSPS) is 17.2. The second-order valence-corrected chi connectivity index (χ2v) is 7.96. The monoisotopic (exact) mass is 426 g/mol. The molecule has 0 saturated heterocycles. The van der Waals surface area contributed by atoms with Crippen molar-refractivity contribution in [3.05, 3.63) is 101 Å². The zero-order valence-corrected chi connectivity index (χ0v) is 17.6. The smallest absolute Gasteiger partial charge is 0.255 e. The zero-order chi connectivity index (χ0) is 22.5. The van der Waals surface area contributed by atoms with E-state index in [4.69, 9.17) is 11.5 Å². The summed E-state index contributed by atoms with van der Waals surface area (Å²) in [6, 6.07) is 22.6. The van der Waals surface area contributed by atoms with Crippen molar-refractivity contribution in [1.29, 1.82) is 0 Å². The van der Waals surface area contributed by atoms with Gasteiger partial charge in [-0.2, -0.15) is 0 Å². The van der Waals surface area contributed by atoms with Crippen molar-refractivity contribution >= 4 is 29.3 Å². The minimum atomic E-state index is -0.240. The van der Waals surface area contributed by atoms with E-state index in [1.54, 1.807) is 30.3 Å². The summed E-state index contributed by atoms with van der Waals surface area (Å²) in [4.78, 5) is 24.5. The highest BCUT2D eigenvalue weighted by Crippen LogP contribution is 2.38. The number of para-hydroxylation sites is 2. The van der Waals surface area contributed by atoms with Crippen LogP contribution >= 0.6 is 0 Å². The lowest BCUT2D eigenvalue weighted by atomic mass is 10.1. The lowest BCUT2D eigenvalue weighted by Gasteiger charge is -2.08. The van der Waals surface area contributed by atoms with Crippen molar-refractivity contribution in [3.63, 3.8) is 0 Å². The van der Waals surface area contributed by atoms with E-state index < -0.39 is 0 Å². The Labute approximate surface area is 187 Å². The molecule has 162 valence electrons. The van der Waals surface area contributed by atoms with Crippen molar-refractivity contribution in [2.45, 2.75) is 24.9 Å². The minimum Gasteiger partial charge on any atom is -0.397 e. The molecule has 2 amide bonds. The van der Waals surface area contributed by atoms with E-state index >= 15 is 0 Å². The summed E-state index contributed by atoms with van der Waals surface area (Å²) in [6.07, 6.45) is 4.35. The first-order valence-electron chi connectivity index (χ1n) is 10.6. The Balaban J connectivity index is 1.26. The maximum atomic E-state index is 12.4. The molecule has 32 heavy (non-hydrogen) atoms. The number of anilines is 2. The molecule has 2 atom stereocenters. The first-order chi connectivity index (χ1) is 15.5. The number of carbonyl (C=O) groups excluding carboxylic acids is 2. The molecule has 3 aromatic carbocycles. The summed E-state index contributed by atoms with van der Waals surface area (Å²) in [5.74, 6) is 0.0565. The number of hydrogen-bond acceptors (Lipinski definition) is 4. The third-order valence-electron chi connectivity index (χ3n) is 5.52. The third kappa shape index (κ3) is 5.42. The average Bonchev–Trinajstić information content (AvgIpc) is 3.55. The van der Waals surface area contributed by atoms with Crippen LogP contribution in [0.2, 0.25) is 0 Å². The van der Waals surface area contributed by atoms with Crippen molar-refractivity contribution in [2.24, 2.45) is 5.73 Å². The number of rotatable bonds is 7. The maximum absolute atomic E-state index is 12.4. The van der Waals surface area contributed by atoms with Crippen molar-refractivity contribution in [3.8, 4) is 0 Å². The lowest BCUT2D eigenvalue weighted by molar-refractivity contribution is -0.116. The van der Waals surface area contributed by atoms with Gasteiger partial charge in [-0.1, -0.05) is 48.5 Å². The standard InChI is InChI=1S/C26H26N4O2/c27-22-3-1-2-4-24(22)30-26(32)20-12-7-18(8-13-20)16-29-25(31)14-9-17-5-10-19(11-6-17)21-15-23(21)28/h1-14,21,23H,15-16,27-28H2,(H,29,31)(H,30,32)/b14-9+. The van der Waals surface area contributed by atoms with Crippen LogP contribution in [0.3, 0.4) is 0 Å². The van der Waals surface area contributed by atoms with Crippen LogP contribution in [-0.4, -0.2) is 17.9 Å². The van der Waals surface area contributed by atoms with Crippen LogP contribution in [0.5, 0.6) is 0 Å². The van der Waals surface area contributed by atoms with Crippen LogP contribution in [0.1, 0.15) is 39.4 Å². The summed E-state index contributed by atoms with van der Waals surface area (Å²) in [5.41, 5.74) is 16.5. The summed E-state index contributed by atoms with van der Waals surface area (Å²) in [6.45, 7) is 0.370. The third-order valence-corrected chi connectivity index (χ3v) is 5.52. The van der Waals surface area contributed by atoms with Crippen LogP contribution in [0, 0.1) is 0 Å². The number of hydrogen-bond donors (Lipinski definition) is 4. The van der Waals surface area contributed by atoms with Gasteiger partial charge in [-0.15, -0.1) is 0 Å². The molecule has 0 spiro atoms. The largest absolute Gasteiger partial charge is 0.397 e. The molecule has 6 N–H and O–H groups in total. The number of amides is 2. The van der Waals surface area contributed by atoms with Crippen molar-refractivity contribution in [2.75, 3.05) is 11.1 Å². The molecular weight excluding hydrogens is 400 g/mol. The fourth-order valence-electron chi connectivity index (χ4n) is 3.45. The van der Waals surface area contributed by atoms with E-state index in [1.165, 1.54) is 11.6 Å². The van der Waals surface area contributed by atoms with Crippen molar-refractivity contribution in [1.82, 2.24) is 5.32 Å². The maximum Gasteiger partial charge on any atom is 0.255 e. The highest BCUT2D eigenvalue weighted by Gasteiger charge is 2.34. The summed E-state index contributed by atoms with van der Waals surface area (Å²) < 4.78 is 0. The number of nitrogens with one attached hydrogen (secondary N) is 2. The predicted molar refractivity (Wildman–Crippen MR) is 128 cm³/mol. The molecule has 1 saturated carbocycles. The first-order valence-corrected chi connectivity index (χ1v) is 10.6. The Bertz CT molecular complexity index is 1140. The van der Waals surface area contributed by atoms with E-state index in [1.807, 2.05) is 36.4 Å². The molecule has 6 heteroatoms. The van der Waals surface area contributed by atoms with Gasteiger partial charge in [0.2, 0.25) is 5.91 Å². The molecular formula is C26H26N4O2. The Morgan fingerprint density at radius 2 is 1.66 bits per heavy atom. The lowest BCUT2D eigenvalue weighted by Crippen LogP contribution is -2.20. The van der Waals surface area contributed by atoms with Crippen LogP contribution < -0.4 is 22.1 Å². The fourth-order valence-corrected chi connectivity index (χ4v) is 3.45. The van der Waals surface area contributed by atoms with Gasteiger partial charge in [-0.3, -0.25) is 9.59 Å². The summed E-state index contributed by atoms with van der Waals surface area (Å²) >= 11 is 0. The SMILES string of the molecule is Nc1ccccc1NC(=O)c1ccc(CNC(=O)/C=C/c2ccc(C3CC3N)cc2)cc1. The summed E-state index contributed by atoms with van der Waals surface area (Å²) in [5, 5.41) is 5.65. The molecule has 0 heterocycles. The Morgan fingerprint density at radius 3 is 2.31 bits per heavy atom. The van der Waals surface area contributed by atoms with Gasteiger partial charge in [0, 0.05) is 30.1 Å². The second kappa shape index (κ2) is 9.49. The highest BCUT2D eigenvalue weighted by molar-refractivity contribution is 6.05. The fraction of sp³-hybridized carbons (Fsp3) is 0.154. The molecule has 0 aromatic heterocycles. The van der Waals surface area contributed by atoms with Crippen LogP contribution in [0.4, 0.5) is 11.4 Å². The van der Waals surface area contributed by atoms with E-state index in [9.17, 15) is 9.59 Å². The first kappa shape index (κ1) is 21.3. The second-order valence-electron chi connectivity index (χ2n) is 7.96. The van der Waals surface area contributed by atoms with Gasteiger partial charge in [0.1, 0.15) is 0 Å². The number of nitrogen functional groups attached to an aromatic ring is 1. The van der Waals surface area contributed by atoms with Gasteiger partial charge in [-0.25, -0.2) is 0 Å². The molecule has 4 rings (SSSR count). The topological polar surface area (TPSA) is 110 Å². The molecule has 1 aliphatic carbocycles. The zero-order valence-electron chi connectivity index (χ0n) is 17.6. The van der Waals surface area contributed by atoms with Crippen molar-refractivity contribution < 1.29 is 9.59 Å². The van der Waals surface area contributed by atoms with E-state index in [2.05, 4.69) is 22.8 Å². The van der Waals surface area contributed by atoms with Gasteiger partial charge in [0.25, 0.3) is 5.91 Å². The molecule has 0 radical (unpaired) electrons. The number of carbonyl (C=O) groups is 2. The molecule has 6 nitrogen and oxygen atoms in total. The Morgan fingerprint density at radius 1 is 0.969 bits per heavy atom. The Kier molecular flexibility index (Phi) is 6.33. The van der Waals surface area contributed by atoms with E-state index in [0.29, 0.717) is 29.4 Å². The molecule has 2 unspecified atom stereocenters. The molecule has 0 aliphatic heterocycles. The molecule has 0 bridgehead atoms. The minimum absolute atomic E-state index is 0.181. The molecule has 3 aromatic rings. The van der Waals surface area contributed by atoms with Crippen LogP contribution in [-0.2, 0) is 11.3 Å². The molecule has 1 fully saturated rings. The quantitative estimate of drug-likeness (QED) is 0.341. The Hall–Kier alpha value is -3.90. The van der Waals surface area contributed by atoms with Gasteiger partial charge < -0.3 is 22.1 Å². The number of benzene rings is 3. The van der Waals surface area contributed by atoms with Gasteiger partial charge in [0.15, 0.2) is 0 Å². The predicted octanol–water partition coefficient (Wildman–Crippen LogP) is 3.67. The van der Waals surface area contributed by atoms with Gasteiger partial charge in [-0.05, 0) is 53.5 Å².